The summed E-state index contributed by atoms with van der Waals surface area (Å²) in [6.45, 7) is 5.97. The molecule has 74 valence electrons. The number of aliphatic hydroxyl groups excluding tert-OH is 1. The molecule has 0 aliphatic rings. The van der Waals surface area contributed by atoms with E-state index in [4.69, 9.17) is 5.73 Å². The van der Waals surface area contributed by atoms with Crippen molar-refractivity contribution in [3.8, 4) is 0 Å². The van der Waals surface area contributed by atoms with Crippen molar-refractivity contribution in [3.05, 3.63) is 22.4 Å². The van der Waals surface area contributed by atoms with Gasteiger partial charge in [0, 0.05) is 0 Å². The van der Waals surface area contributed by atoms with Crippen molar-refractivity contribution >= 4 is 11.3 Å². The van der Waals surface area contributed by atoms with Gasteiger partial charge < -0.3 is 10.8 Å². The van der Waals surface area contributed by atoms with Gasteiger partial charge in [0.05, 0.1) is 12.1 Å². The van der Waals surface area contributed by atoms with Crippen LogP contribution in [0.4, 0.5) is 0 Å². The Morgan fingerprint density at radius 2 is 2.08 bits per heavy atom. The van der Waals surface area contributed by atoms with Gasteiger partial charge in [0.2, 0.25) is 0 Å². The van der Waals surface area contributed by atoms with Crippen molar-refractivity contribution in [1.82, 2.24) is 0 Å². The summed E-state index contributed by atoms with van der Waals surface area (Å²) in [5.41, 5.74) is 6.78. The molecular formula is C10H17NOS. The highest BCUT2D eigenvalue weighted by Crippen LogP contribution is 2.29. The molecule has 2 atom stereocenters. The number of aliphatic hydroxyl groups is 1. The molecule has 1 heterocycles. The maximum absolute atomic E-state index is 9.91. The molecule has 0 bridgehead atoms. The summed E-state index contributed by atoms with van der Waals surface area (Å²) in [5.74, 6) is 0. The van der Waals surface area contributed by atoms with E-state index in [0.29, 0.717) is 0 Å². The van der Waals surface area contributed by atoms with E-state index in [2.05, 4.69) is 0 Å². The van der Waals surface area contributed by atoms with Crippen molar-refractivity contribution in [2.75, 3.05) is 0 Å². The van der Waals surface area contributed by atoms with E-state index in [0.717, 1.165) is 5.56 Å². The van der Waals surface area contributed by atoms with E-state index in [1.54, 1.807) is 11.3 Å². The molecule has 0 saturated heterocycles. The molecule has 0 spiro atoms. The summed E-state index contributed by atoms with van der Waals surface area (Å²) in [4.78, 5) is 0. The van der Waals surface area contributed by atoms with Gasteiger partial charge in [-0.1, -0.05) is 20.8 Å². The molecule has 0 saturated carbocycles. The van der Waals surface area contributed by atoms with Crippen LogP contribution >= 0.6 is 11.3 Å². The molecule has 0 fully saturated rings. The van der Waals surface area contributed by atoms with E-state index in [9.17, 15) is 5.11 Å². The van der Waals surface area contributed by atoms with Crippen LogP contribution in [0.25, 0.3) is 0 Å². The summed E-state index contributed by atoms with van der Waals surface area (Å²) >= 11 is 1.60. The Morgan fingerprint density at radius 3 is 2.46 bits per heavy atom. The zero-order valence-electron chi connectivity index (χ0n) is 8.32. The minimum absolute atomic E-state index is 0.165. The lowest BCUT2D eigenvalue weighted by Gasteiger charge is -2.30. The molecule has 0 radical (unpaired) electrons. The lowest BCUT2D eigenvalue weighted by Crippen LogP contribution is -2.36. The number of rotatable bonds is 2. The monoisotopic (exact) mass is 199 g/mol. The second-order valence-electron chi connectivity index (χ2n) is 4.39. The van der Waals surface area contributed by atoms with Gasteiger partial charge >= 0.3 is 0 Å². The molecule has 1 aromatic heterocycles. The lowest BCUT2D eigenvalue weighted by molar-refractivity contribution is 0.0402. The third-order valence-electron chi connectivity index (χ3n) is 2.16. The SMILES string of the molecule is CC(C)(C)[C@H](O)[C@H](N)c1ccsc1. The van der Waals surface area contributed by atoms with E-state index >= 15 is 0 Å². The average Bonchev–Trinajstić information content (AvgIpc) is 2.51. The predicted molar refractivity (Wildman–Crippen MR) is 56.7 cm³/mol. The van der Waals surface area contributed by atoms with Crippen LogP contribution in [-0.4, -0.2) is 11.2 Å². The maximum Gasteiger partial charge on any atom is 0.0781 e. The maximum atomic E-state index is 9.91. The molecule has 3 N–H and O–H groups in total. The predicted octanol–water partition coefficient (Wildman–Crippen LogP) is 2.15. The molecule has 0 aromatic carbocycles. The summed E-state index contributed by atoms with van der Waals surface area (Å²) in [6.07, 6.45) is -0.498. The first-order valence-corrected chi connectivity index (χ1v) is 5.33. The summed E-state index contributed by atoms with van der Waals surface area (Å²) in [5, 5.41) is 13.9. The van der Waals surface area contributed by atoms with Gasteiger partial charge in [-0.2, -0.15) is 11.3 Å². The molecule has 0 aliphatic heterocycles. The summed E-state index contributed by atoms with van der Waals surface area (Å²) in [6, 6.07) is 1.69. The number of hydrogen-bond acceptors (Lipinski definition) is 3. The molecular weight excluding hydrogens is 182 g/mol. The molecule has 13 heavy (non-hydrogen) atoms. The minimum Gasteiger partial charge on any atom is -0.391 e. The molecule has 0 unspecified atom stereocenters. The second-order valence-corrected chi connectivity index (χ2v) is 5.17. The van der Waals surface area contributed by atoms with Crippen molar-refractivity contribution in [2.45, 2.75) is 32.9 Å². The Hall–Kier alpha value is -0.380. The van der Waals surface area contributed by atoms with E-state index < -0.39 is 6.10 Å². The van der Waals surface area contributed by atoms with Gasteiger partial charge in [-0.25, -0.2) is 0 Å². The Morgan fingerprint density at radius 1 is 1.46 bits per heavy atom. The van der Waals surface area contributed by atoms with Gasteiger partial charge in [0.15, 0.2) is 0 Å². The number of hydrogen-bond donors (Lipinski definition) is 2. The van der Waals surface area contributed by atoms with Gasteiger partial charge in [-0.15, -0.1) is 0 Å². The third-order valence-corrected chi connectivity index (χ3v) is 2.86. The topological polar surface area (TPSA) is 46.2 Å². The highest BCUT2D eigenvalue weighted by atomic mass is 32.1. The zero-order chi connectivity index (χ0) is 10.1. The van der Waals surface area contributed by atoms with Gasteiger partial charge in [0.25, 0.3) is 0 Å². The number of thiophene rings is 1. The average molecular weight is 199 g/mol. The Labute approximate surface area is 83.4 Å². The van der Waals surface area contributed by atoms with Crippen LogP contribution in [0.1, 0.15) is 32.4 Å². The van der Waals surface area contributed by atoms with Crippen LogP contribution in [0.2, 0.25) is 0 Å². The lowest BCUT2D eigenvalue weighted by atomic mass is 9.83. The van der Waals surface area contributed by atoms with Crippen LogP contribution < -0.4 is 5.73 Å². The van der Waals surface area contributed by atoms with Crippen LogP contribution in [0.15, 0.2) is 16.8 Å². The first kappa shape index (κ1) is 10.7. The van der Waals surface area contributed by atoms with Gasteiger partial charge in [-0.3, -0.25) is 0 Å². The van der Waals surface area contributed by atoms with E-state index in [1.165, 1.54) is 0 Å². The van der Waals surface area contributed by atoms with Crippen molar-refractivity contribution in [1.29, 1.82) is 0 Å². The molecule has 3 heteroatoms. The Kier molecular flexibility index (Phi) is 3.11. The van der Waals surface area contributed by atoms with Gasteiger partial charge in [0.1, 0.15) is 0 Å². The highest BCUT2D eigenvalue weighted by Gasteiger charge is 2.28. The minimum atomic E-state index is -0.498. The van der Waals surface area contributed by atoms with E-state index in [-0.39, 0.29) is 11.5 Å². The summed E-state index contributed by atoms with van der Waals surface area (Å²) < 4.78 is 0. The molecule has 0 amide bonds. The Balaban J connectivity index is 2.74. The first-order chi connectivity index (χ1) is 5.93. The van der Waals surface area contributed by atoms with Gasteiger partial charge in [-0.05, 0) is 27.8 Å². The smallest absolute Gasteiger partial charge is 0.0781 e. The van der Waals surface area contributed by atoms with Crippen LogP contribution in [0.3, 0.4) is 0 Å². The second kappa shape index (κ2) is 3.78. The quantitative estimate of drug-likeness (QED) is 0.766. The fourth-order valence-electron chi connectivity index (χ4n) is 1.19. The van der Waals surface area contributed by atoms with Crippen LogP contribution in [0, 0.1) is 5.41 Å². The largest absolute Gasteiger partial charge is 0.391 e. The van der Waals surface area contributed by atoms with Crippen molar-refractivity contribution < 1.29 is 5.11 Å². The summed E-state index contributed by atoms with van der Waals surface area (Å²) in [7, 11) is 0. The fraction of sp³-hybridized carbons (Fsp3) is 0.600. The normalized spacial score (nSPS) is 17.0. The van der Waals surface area contributed by atoms with E-state index in [1.807, 2.05) is 37.6 Å². The molecule has 0 aliphatic carbocycles. The number of nitrogens with two attached hydrogens (primary N) is 1. The first-order valence-electron chi connectivity index (χ1n) is 4.38. The van der Waals surface area contributed by atoms with Crippen molar-refractivity contribution in [2.24, 2.45) is 11.1 Å². The van der Waals surface area contributed by atoms with Crippen LogP contribution in [-0.2, 0) is 0 Å². The highest BCUT2D eigenvalue weighted by molar-refractivity contribution is 7.07. The van der Waals surface area contributed by atoms with Crippen LogP contribution in [0.5, 0.6) is 0 Å². The standard InChI is InChI=1S/C10H17NOS/c1-10(2,3)9(12)8(11)7-4-5-13-6-7/h4-6,8-9,12H,11H2,1-3H3/t8-,9-/m1/s1. The third kappa shape index (κ3) is 2.53. The molecule has 1 aromatic rings. The zero-order valence-corrected chi connectivity index (χ0v) is 9.14. The molecule has 1 rings (SSSR count). The fourth-order valence-corrected chi connectivity index (χ4v) is 1.89. The van der Waals surface area contributed by atoms with Crippen molar-refractivity contribution in [3.63, 3.8) is 0 Å². The Bertz CT molecular complexity index is 250. The molecule has 2 nitrogen and oxygen atoms in total.